The Morgan fingerprint density at radius 2 is 1.96 bits per heavy atom. The SMILES string of the molecule is CC(C)(CO)NCc1cc(OC2CCC(N3CC(CC#N)(n4cc(-c5ncnc6[nH]ccc56)cn4)C3)CC2)nc(C(F)(F)F)n1. The van der Waals surface area contributed by atoms with Crippen molar-refractivity contribution in [3.8, 4) is 23.2 Å². The van der Waals surface area contributed by atoms with Crippen molar-refractivity contribution in [3.63, 3.8) is 0 Å². The number of likely N-dealkylation sites (tertiary alicyclic amines) is 1. The summed E-state index contributed by atoms with van der Waals surface area (Å²) in [6, 6.07) is 5.95. The second kappa shape index (κ2) is 12.0. The van der Waals surface area contributed by atoms with Crippen molar-refractivity contribution >= 4 is 11.0 Å². The molecule has 1 saturated heterocycles. The number of hydrogen-bond acceptors (Lipinski definition) is 10. The van der Waals surface area contributed by atoms with Crippen LogP contribution in [-0.2, 0) is 18.3 Å². The molecule has 3 N–H and O–H groups in total. The second-order valence-electron chi connectivity index (χ2n) is 12.6. The number of nitrogens with zero attached hydrogens (tertiary/aromatic N) is 8. The third-order valence-electron chi connectivity index (χ3n) is 8.70. The number of aliphatic hydroxyl groups excluding tert-OH is 1. The molecule has 1 aliphatic carbocycles. The van der Waals surface area contributed by atoms with Crippen LogP contribution in [0.4, 0.5) is 13.2 Å². The molecule has 0 amide bonds. The molecule has 6 rings (SSSR count). The van der Waals surface area contributed by atoms with Gasteiger partial charge < -0.3 is 20.1 Å². The molecule has 12 nitrogen and oxygen atoms in total. The lowest BCUT2D eigenvalue weighted by Gasteiger charge is -2.53. The lowest BCUT2D eigenvalue weighted by atomic mass is 9.82. The molecule has 0 bridgehead atoms. The van der Waals surface area contributed by atoms with Crippen molar-refractivity contribution in [1.29, 1.82) is 5.26 Å². The Morgan fingerprint density at radius 1 is 1.18 bits per heavy atom. The lowest BCUT2D eigenvalue weighted by molar-refractivity contribution is -0.145. The van der Waals surface area contributed by atoms with Gasteiger partial charge in [0.05, 0.1) is 36.7 Å². The van der Waals surface area contributed by atoms with Gasteiger partial charge in [-0.05, 0) is 45.6 Å². The van der Waals surface area contributed by atoms with Crippen LogP contribution in [0.3, 0.4) is 0 Å². The summed E-state index contributed by atoms with van der Waals surface area (Å²) >= 11 is 0. The van der Waals surface area contributed by atoms with Crippen LogP contribution >= 0.6 is 0 Å². The zero-order valence-corrected chi connectivity index (χ0v) is 25.0. The number of aliphatic hydroxyl groups is 1. The summed E-state index contributed by atoms with van der Waals surface area (Å²) in [6.45, 7) is 4.66. The fourth-order valence-electron chi connectivity index (χ4n) is 6.09. The Balaban J connectivity index is 1.08. The predicted molar refractivity (Wildman–Crippen MR) is 157 cm³/mol. The summed E-state index contributed by atoms with van der Waals surface area (Å²) in [5.41, 5.74) is 1.37. The van der Waals surface area contributed by atoms with E-state index in [9.17, 15) is 23.5 Å². The number of hydrogen-bond donors (Lipinski definition) is 3. The van der Waals surface area contributed by atoms with Crippen molar-refractivity contribution in [1.82, 2.24) is 44.9 Å². The molecule has 238 valence electrons. The molecule has 45 heavy (non-hydrogen) atoms. The summed E-state index contributed by atoms with van der Waals surface area (Å²) in [7, 11) is 0. The maximum Gasteiger partial charge on any atom is 0.451 e. The highest BCUT2D eigenvalue weighted by atomic mass is 19.4. The minimum atomic E-state index is -4.72. The number of ether oxygens (including phenoxy) is 1. The van der Waals surface area contributed by atoms with E-state index < -0.39 is 23.1 Å². The third kappa shape index (κ3) is 6.49. The fourth-order valence-corrected chi connectivity index (χ4v) is 6.09. The highest BCUT2D eigenvalue weighted by Crippen LogP contribution is 2.39. The van der Waals surface area contributed by atoms with E-state index in [1.807, 2.05) is 23.1 Å². The highest BCUT2D eigenvalue weighted by Gasteiger charge is 2.48. The van der Waals surface area contributed by atoms with Gasteiger partial charge in [0.15, 0.2) is 0 Å². The number of nitriles is 1. The van der Waals surface area contributed by atoms with E-state index in [-0.39, 0.29) is 36.9 Å². The summed E-state index contributed by atoms with van der Waals surface area (Å²) in [5, 5.41) is 27.7. The second-order valence-corrected chi connectivity index (χ2v) is 12.6. The Hall–Kier alpha value is -4.13. The maximum atomic E-state index is 13.5. The maximum absolute atomic E-state index is 13.5. The van der Waals surface area contributed by atoms with Crippen molar-refractivity contribution in [2.24, 2.45) is 0 Å². The monoisotopic (exact) mass is 624 g/mol. The zero-order chi connectivity index (χ0) is 31.8. The van der Waals surface area contributed by atoms with Gasteiger partial charge in [-0.2, -0.15) is 28.5 Å². The van der Waals surface area contributed by atoms with E-state index in [2.05, 4.69) is 46.3 Å². The van der Waals surface area contributed by atoms with Gasteiger partial charge in [-0.3, -0.25) is 9.58 Å². The topological polar surface area (TPSA) is 154 Å². The lowest BCUT2D eigenvalue weighted by Crippen LogP contribution is -2.65. The van der Waals surface area contributed by atoms with Crippen LogP contribution in [0.25, 0.3) is 22.3 Å². The largest absolute Gasteiger partial charge is 0.474 e. The van der Waals surface area contributed by atoms with Crippen LogP contribution in [0.1, 0.15) is 57.5 Å². The summed E-state index contributed by atoms with van der Waals surface area (Å²) in [5.74, 6) is -1.35. The number of fused-ring (bicyclic) bond motifs is 1. The van der Waals surface area contributed by atoms with Crippen LogP contribution in [0.2, 0.25) is 0 Å². The Labute approximate surface area is 257 Å². The first-order valence-corrected chi connectivity index (χ1v) is 14.9. The molecule has 0 radical (unpaired) electrons. The van der Waals surface area contributed by atoms with E-state index in [4.69, 9.17) is 4.74 Å². The number of rotatable bonds is 10. The minimum Gasteiger partial charge on any atom is -0.474 e. The van der Waals surface area contributed by atoms with Gasteiger partial charge in [-0.15, -0.1) is 0 Å². The number of aromatic nitrogens is 7. The van der Waals surface area contributed by atoms with Crippen LogP contribution in [-0.4, -0.2) is 82.1 Å². The molecule has 15 heteroatoms. The summed E-state index contributed by atoms with van der Waals surface area (Å²) in [4.78, 5) is 21.5. The average molecular weight is 625 g/mol. The number of halogens is 3. The van der Waals surface area contributed by atoms with Gasteiger partial charge >= 0.3 is 6.18 Å². The summed E-state index contributed by atoms with van der Waals surface area (Å²) in [6.07, 6.45) is 5.30. The van der Waals surface area contributed by atoms with E-state index in [0.717, 1.165) is 35.1 Å². The first-order chi connectivity index (χ1) is 21.5. The van der Waals surface area contributed by atoms with Gasteiger partial charge in [0.25, 0.3) is 0 Å². The predicted octanol–water partition coefficient (Wildman–Crippen LogP) is 3.81. The van der Waals surface area contributed by atoms with Crippen molar-refractivity contribution in [3.05, 3.63) is 48.6 Å². The molecular formula is C30H35F3N10O2. The Kier molecular flexibility index (Phi) is 8.23. The number of H-pyrrole nitrogens is 1. The van der Waals surface area contributed by atoms with Gasteiger partial charge in [0, 0.05) is 60.6 Å². The molecule has 2 aliphatic rings. The van der Waals surface area contributed by atoms with Gasteiger partial charge in [0.2, 0.25) is 11.7 Å². The van der Waals surface area contributed by atoms with E-state index in [1.165, 1.54) is 12.4 Å². The molecule has 2 fully saturated rings. The van der Waals surface area contributed by atoms with E-state index >= 15 is 0 Å². The molecule has 0 spiro atoms. The molecule has 1 saturated carbocycles. The molecule has 4 aromatic heterocycles. The third-order valence-corrected chi connectivity index (χ3v) is 8.70. The molecule has 4 aromatic rings. The standard InChI is InChI=1S/C30H35F3N10O2/c1-28(2,17-44)38-13-20-11-24(41-27(40-20)30(31,32)33)45-22-5-3-21(4-6-22)42-15-29(16-42,8-9-34)43-14-19(12-39-43)25-23-7-10-35-26(23)37-18-36-25/h7,10-12,14,18,21-22,38,44H,3-6,8,13,15-17H2,1-2H3,(H,35,36,37). The van der Waals surface area contributed by atoms with Crippen LogP contribution in [0.15, 0.2) is 37.1 Å². The van der Waals surface area contributed by atoms with Gasteiger partial charge in [0.1, 0.15) is 23.6 Å². The first kappa shape index (κ1) is 30.9. The molecule has 5 heterocycles. The van der Waals surface area contributed by atoms with Crippen molar-refractivity contribution in [2.45, 2.75) is 81.9 Å². The quantitative estimate of drug-likeness (QED) is 0.237. The molecule has 0 atom stereocenters. The van der Waals surface area contributed by atoms with E-state index in [1.54, 1.807) is 20.0 Å². The number of aromatic amines is 1. The molecule has 0 unspecified atom stereocenters. The highest BCUT2D eigenvalue weighted by molar-refractivity contribution is 5.90. The molecule has 1 aliphatic heterocycles. The van der Waals surface area contributed by atoms with E-state index in [0.29, 0.717) is 32.4 Å². The number of nitrogens with one attached hydrogen (secondary N) is 2. The van der Waals surface area contributed by atoms with Crippen LogP contribution in [0, 0.1) is 11.3 Å². The van der Waals surface area contributed by atoms with Crippen LogP contribution < -0.4 is 10.1 Å². The smallest absolute Gasteiger partial charge is 0.451 e. The van der Waals surface area contributed by atoms with Crippen molar-refractivity contribution < 1.29 is 23.0 Å². The summed E-state index contributed by atoms with van der Waals surface area (Å²) < 4.78 is 48.5. The average Bonchev–Trinajstić information content (AvgIpc) is 3.68. The first-order valence-electron chi connectivity index (χ1n) is 14.9. The molecular weight excluding hydrogens is 589 g/mol. The normalized spacial score (nSPS) is 20.6. The van der Waals surface area contributed by atoms with Crippen molar-refractivity contribution in [2.75, 3.05) is 19.7 Å². The Bertz CT molecular complexity index is 1680. The van der Waals surface area contributed by atoms with Gasteiger partial charge in [-0.25, -0.2) is 15.0 Å². The van der Waals surface area contributed by atoms with Gasteiger partial charge in [-0.1, -0.05) is 0 Å². The zero-order valence-electron chi connectivity index (χ0n) is 25.0. The van der Waals surface area contributed by atoms with Crippen LogP contribution in [0.5, 0.6) is 5.88 Å². The minimum absolute atomic E-state index is 0.0228. The Morgan fingerprint density at radius 3 is 2.67 bits per heavy atom. The fraction of sp³-hybridized carbons (Fsp3) is 0.533. The number of alkyl halides is 3. The molecule has 0 aromatic carbocycles.